The average Bonchev–Trinajstić information content (AvgIpc) is 3.28. The van der Waals surface area contributed by atoms with E-state index in [0.29, 0.717) is 18.7 Å². The molecule has 0 radical (unpaired) electrons. The molecular weight excluding hydrogens is 410 g/mol. The first-order valence-electron chi connectivity index (χ1n) is 10.0. The van der Waals surface area contributed by atoms with E-state index in [1.165, 1.54) is 0 Å². The van der Waals surface area contributed by atoms with Crippen LogP contribution >= 0.6 is 0 Å². The predicted octanol–water partition coefficient (Wildman–Crippen LogP) is 3.00. The van der Waals surface area contributed by atoms with Gasteiger partial charge in [0.25, 0.3) is 0 Å². The van der Waals surface area contributed by atoms with Crippen molar-refractivity contribution >= 4 is 17.8 Å². The fourth-order valence-electron chi connectivity index (χ4n) is 3.51. The van der Waals surface area contributed by atoms with Crippen LogP contribution in [-0.4, -0.2) is 45.6 Å². The maximum Gasteiger partial charge on any atom is 0.407 e. The zero-order valence-corrected chi connectivity index (χ0v) is 17.4. The van der Waals surface area contributed by atoms with Crippen molar-refractivity contribution in [2.75, 3.05) is 11.9 Å². The molecule has 1 fully saturated rings. The van der Waals surface area contributed by atoms with Gasteiger partial charge < -0.3 is 20.5 Å². The zero-order valence-electron chi connectivity index (χ0n) is 17.4. The number of H-pyrrole nitrogens is 1. The number of hydrogen-bond acceptors (Lipinski definition) is 5. The molecule has 168 valence electrons. The van der Waals surface area contributed by atoms with E-state index in [2.05, 4.69) is 20.8 Å². The third-order valence-electron chi connectivity index (χ3n) is 4.92. The number of aliphatic hydroxyl groups is 1. The average molecular weight is 436 g/mol. The largest absolute Gasteiger partial charge is 0.446 e. The van der Waals surface area contributed by atoms with Crippen LogP contribution < -0.4 is 10.6 Å². The van der Waals surface area contributed by atoms with E-state index in [-0.39, 0.29) is 30.6 Å². The lowest BCUT2D eigenvalue weighted by Crippen LogP contribution is -2.39. The van der Waals surface area contributed by atoms with E-state index in [1.807, 2.05) is 0 Å². The summed E-state index contributed by atoms with van der Waals surface area (Å²) in [6, 6.07) is 4.66. The second-order valence-corrected chi connectivity index (χ2v) is 8.41. The van der Waals surface area contributed by atoms with Crippen molar-refractivity contribution in [1.29, 1.82) is 0 Å². The number of carbonyl (C=O) groups is 2. The van der Waals surface area contributed by atoms with Gasteiger partial charge >= 0.3 is 6.09 Å². The third kappa shape index (κ3) is 7.02. The maximum atomic E-state index is 13.3. The van der Waals surface area contributed by atoms with Crippen molar-refractivity contribution in [1.82, 2.24) is 15.5 Å². The van der Waals surface area contributed by atoms with Crippen molar-refractivity contribution in [2.24, 2.45) is 0 Å². The Labute approximate surface area is 178 Å². The lowest BCUT2D eigenvalue weighted by molar-refractivity contribution is -0.115. The molecule has 1 aliphatic rings. The van der Waals surface area contributed by atoms with Gasteiger partial charge in [0.05, 0.1) is 12.0 Å². The van der Waals surface area contributed by atoms with Gasteiger partial charge in [0, 0.05) is 30.3 Å². The van der Waals surface area contributed by atoms with Gasteiger partial charge in [-0.15, -0.1) is 0 Å². The molecule has 2 atom stereocenters. The fourth-order valence-corrected chi connectivity index (χ4v) is 3.51. The van der Waals surface area contributed by atoms with Crippen LogP contribution in [0.25, 0.3) is 0 Å². The minimum absolute atomic E-state index is 0.0857. The minimum atomic E-state index is -1.02. The molecule has 0 unspecified atom stereocenters. The van der Waals surface area contributed by atoms with Gasteiger partial charge in [-0.2, -0.15) is 5.10 Å². The monoisotopic (exact) mass is 436 g/mol. The number of carbonyl (C=O) groups excluding carboxylic acids is 2. The summed E-state index contributed by atoms with van der Waals surface area (Å²) in [6.45, 7) is 3.27. The number of rotatable bonds is 7. The number of nitrogens with one attached hydrogen (secondary N) is 3. The summed E-state index contributed by atoms with van der Waals surface area (Å²) in [5.74, 6) is -1.53. The number of amides is 2. The smallest absolute Gasteiger partial charge is 0.407 e. The molecule has 0 bridgehead atoms. The van der Waals surface area contributed by atoms with Crippen molar-refractivity contribution in [2.45, 2.75) is 57.2 Å². The first-order valence-corrected chi connectivity index (χ1v) is 10.0. The zero-order chi connectivity index (χ0) is 22.6. The van der Waals surface area contributed by atoms with Gasteiger partial charge in [-0.3, -0.25) is 9.89 Å². The minimum Gasteiger partial charge on any atom is -0.446 e. The lowest BCUT2D eigenvalue weighted by atomic mass is 10.0. The summed E-state index contributed by atoms with van der Waals surface area (Å²) >= 11 is 0. The molecule has 0 spiro atoms. The fraction of sp³-hybridized carbons (Fsp3) is 0.476. The molecule has 0 aliphatic heterocycles. The highest BCUT2D eigenvalue weighted by molar-refractivity contribution is 5.91. The van der Waals surface area contributed by atoms with Gasteiger partial charge in [0.2, 0.25) is 5.91 Å². The van der Waals surface area contributed by atoms with E-state index >= 15 is 0 Å². The lowest BCUT2D eigenvalue weighted by Gasteiger charge is -2.19. The van der Waals surface area contributed by atoms with Crippen LogP contribution in [0.5, 0.6) is 0 Å². The molecule has 31 heavy (non-hydrogen) atoms. The number of hydrogen-bond donors (Lipinski definition) is 4. The highest BCUT2D eigenvalue weighted by Crippen LogP contribution is 2.35. The molecule has 10 heteroatoms. The van der Waals surface area contributed by atoms with E-state index in [9.17, 15) is 23.5 Å². The first-order chi connectivity index (χ1) is 14.6. The van der Waals surface area contributed by atoms with Crippen LogP contribution in [0.1, 0.15) is 50.3 Å². The number of anilines is 1. The second kappa shape index (κ2) is 9.42. The van der Waals surface area contributed by atoms with Gasteiger partial charge in [-0.05, 0) is 50.8 Å². The number of alkyl carbamates (subject to hydrolysis) is 1. The standard InChI is InChI=1S/C21H26F2N4O4/c1-21(2,30)11-24-20(29)31-16-4-3-13(8-16)17-10-18(27-26-17)25-19(28)7-12-5-14(22)9-15(23)6-12/h5-6,9-10,13,16,30H,3-4,7-8,11H2,1-2H3,(H,24,29)(H2,25,26,27,28)/t13-,16+/m0/s1. The summed E-state index contributed by atoms with van der Waals surface area (Å²) in [5.41, 5.74) is 0.0103. The molecule has 1 aromatic heterocycles. The number of nitrogens with zero attached hydrogens (tertiary/aromatic N) is 1. The molecule has 1 saturated carbocycles. The number of ether oxygens (including phenoxy) is 1. The van der Waals surface area contributed by atoms with Crippen LogP contribution in [0.4, 0.5) is 19.4 Å². The summed E-state index contributed by atoms with van der Waals surface area (Å²) in [5, 5.41) is 21.7. The number of benzene rings is 1. The summed E-state index contributed by atoms with van der Waals surface area (Å²) in [7, 11) is 0. The molecule has 0 saturated heterocycles. The Balaban J connectivity index is 1.48. The molecule has 2 aromatic rings. The van der Waals surface area contributed by atoms with E-state index < -0.39 is 29.2 Å². The van der Waals surface area contributed by atoms with Crippen molar-refractivity contribution in [3.8, 4) is 0 Å². The van der Waals surface area contributed by atoms with Crippen LogP contribution in [0.15, 0.2) is 24.3 Å². The number of aromatic nitrogens is 2. The summed E-state index contributed by atoms with van der Waals surface area (Å²) < 4.78 is 31.9. The highest BCUT2D eigenvalue weighted by atomic mass is 19.1. The molecule has 1 heterocycles. The molecule has 3 rings (SSSR count). The normalized spacial score (nSPS) is 18.6. The SMILES string of the molecule is CC(C)(O)CNC(=O)O[C@@H]1CC[C@H](c2cc(NC(=O)Cc3cc(F)cc(F)c3)n[nH]2)C1. The van der Waals surface area contributed by atoms with E-state index in [0.717, 1.165) is 30.3 Å². The van der Waals surface area contributed by atoms with E-state index in [4.69, 9.17) is 4.74 Å². The quantitative estimate of drug-likeness (QED) is 0.533. The Morgan fingerprint density at radius 1 is 1.23 bits per heavy atom. The third-order valence-corrected chi connectivity index (χ3v) is 4.92. The van der Waals surface area contributed by atoms with Crippen LogP contribution in [-0.2, 0) is 16.0 Å². The van der Waals surface area contributed by atoms with Crippen molar-refractivity contribution < 1.29 is 28.2 Å². The first kappa shape index (κ1) is 22.7. The molecule has 8 nitrogen and oxygen atoms in total. The molecular formula is C21H26F2N4O4. The second-order valence-electron chi connectivity index (χ2n) is 8.41. The molecule has 2 amide bonds. The Morgan fingerprint density at radius 3 is 2.61 bits per heavy atom. The van der Waals surface area contributed by atoms with Crippen LogP contribution in [0, 0.1) is 11.6 Å². The molecule has 1 aromatic carbocycles. The van der Waals surface area contributed by atoms with E-state index in [1.54, 1.807) is 19.9 Å². The predicted molar refractivity (Wildman–Crippen MR) is 108 cm³/mol. The van der Waals surface area contributed by atoms with Gasteiger partial charge in [0.15, 0.2) is 5.82 Å². The summed E-state index contributed by atoms with van der Waals surface area (Å²) in [6.07, 6.45) is 1.06. The maximum absolute atomic E-state index is 13.3. The topological polar surface area (TPSA) is 116 Å². The number of halogens is 2. The highest BCUT2D eigenvalue weighted by Gasteiger charge is 2.30. The molecule has 1 aliphatic carbocycles. The van der Waals surface area contributed by atoms with Crippen molar-refractivity contribution in [3.63, 3.8) is 0 Å². The van der Waals surface area contributed by atoms with Crippen LogP contribution in [0.2, 0.25) is 0 Å². The van der Waals surface area contributed by atoms with Crippen molar-refractivity contribution in [3.05, 3.63) is 47.2 Å². The Kier molecular flexibility index (Phi) is 6.89. The Morgan fingerprint density at radius 2 is 1.94 bits per heavy atom. The summed E-state index contributed by atoms with van der Waals surface area (Å²) in [4.78, 5) is 24.0. The Hall–Kier alpha value is -3.01. The van der Waals surface area contributed by atoms with Gasteiger partial charge in [0.1, 0.15) is 17.7 Å². The van der Waals surface area contributed by atoms with Gasteiger partial charge in [-0.25, -0.2) is 13.6 Å². The number of aromatic amines is 1. The Bertz CT molecular complexity index is 921. The van der Waals surface area contributed by atoms with Crippen LogP contribution in [0.3, 0.4) is 0 Å². The molecule has 4 N–H and O–H groups in total. The van der Waals surface area contributed by atoms with Gasteiger partial charge in [-0.1, -0.05) is 0 Å².